The van der Waals surface area contributed by atoms with E-state index < -0.39 is 15.9 Å². The molecule has 0 bridgehead atoms. The fourth-order valence-corrected chi connectivity index (χ4v) is 6.56. The minimum absolute atomic E-state index is 0.0654. The van der Waals surface area contributed by atoms with Gasteiger partial charge in [0, 0.05) is 67.5 Å². The molecule has 4 heterocycles. The number of amides is 2. The van der Waals surface area contributed by atoms with E-state index in [9.17, 15) is 18.0 Å². The second kappa shape index (κ2) is 9.05. The lowest BCUT2D eigenvalue weighted by Gasteiger charge is -2.35. The van der Waals surface area contributed by atoms with E-state index >= 15 is 0 Å². The summed E-state index contributed by atoms with van der Waals surface area (Å²) < 4.78 is 27.8. The summed E-state index contributed by atoms with van der Waals surface area (Å²) in [5.41, 5.74) is 1.32. The van der Waals surface area contributed by atoms with Gasteiger partial charge in [-0.15, -0.1) is 11.8 Å². The van der Waals surface area contributed by atoms with E-state index in [4.69, 9.17) is 0 Å². The van der Waals surface area contributed by atoms with Crippen LogP contribution in [0.25, 0.3) is 11.0 Å². The fourth-order valence-electron chi connectivity index (χ4n) is 4.58. The van der Waals surface area contributed by atoms with E-state index in [1.54, 1.807) is 39.9 Å². The number of anilines is 1. The number of H-pyrrole nitrogens is 1. The van der Waals surface area contributed by atoms with Crippen molar-refractivity contribution in [2.75, 3.05) is 43.9 Å². The Bertz CT molecular complexity index is 1330. The van der Waals surface area contributed by atoms with Crippen molar-refractivity contribution in [1.82, 2.24) is 19.2 Å². The number of hydrogen-bond acceptors (Lipinski definition) is 6. The molecule has 0 radical (unpaired) electrons. The summed E-state index contributed by atoms with van der Waals surface area (Å²) in [7, 11) is -3.71. The molecule has 1 aromatic carbocycles. The third kappa shape index (κ3) is 4.08. The Morgan fingerprint density at radius 1 is 1.12 bits per heavy atom. The summed E-state index contributed by atoms with van der Waals surface area (Å²) in [6.07, 6.45) is 5.24. The molecule has 9 nitrogen and oxygen atoms in total. The number of pyridine rings is 1. The van der Waals surface area contributed by atoms with E-state index in [2.05, 4.69) is 9.97 Å². The molecular formula is C23H25N5O4S2. The van der Waals surface area contributed by atoms with Crippen LogP contribution in [0, 0.1) is 5.92 Å². The molecule has 2 aliphatic heterocycles. The highest BCUT2D eigenvalue weighted by atomic mass is 32.2. The Hall–Kier alpha value is -2.89. The fraction of sp³-hybridized carbons (Fsp3) is 0.348. The number of rotatable bonds is 5. The second-order valence-electron chi connectivity index (χ2n) is 8.39. The molecule has 2 saturated heterocycles. The molecule has 0 aliphatic carbocycles. The van der Waals surface area contributed by atoms with Crippen LogP contribution < -0.4 is 4.90 Å². The van der Waals surface area contributed by atoms with Crippen molar-refractivity contribution in [1.29, 1.82) is 0 Å². The predicted octanol–water partition coefficient (Wildman–Crippen LogP) is 2.17. The van der Waals surface area contributed by atoms with Crippen LogP contribution in [0.3, 0.4) is 0 Å². The number of hydrogen-bond donors (Lipinski definition) is 1. The van der Waals surface area contributed by atoms with Crippen LogP contribution in [0.2, 0.25) is 0 Å². The average Bonchev–Trinajstić information content (AvgIpc) is 3.48. The quantitative estimate of drug-likeness (QED) is 0.540. The van der Waals surface area contributed by atoms with Crippen molar-refractivity contribution >= 4 is 50.3 Å². The van der Waals surface area contributed by atoms with E-state index in [0.29, 0.717) is 30.7 Å². The lowest BCUT2D eigenvalue weighted by Crippen LogP contribution is -2.52. The van der Waals surface area contributed by atoms with Crippen LogP contribution in [-0.2, 0) is 19.6 Å². The number of nitrogens with zero attached hydrogens (tertiary/aromatic N) is 4. The molecule has 11 heteroatoms. The van der Waals surface area contributed by atoms with Crippen LogP contribution in [0.1, 0.15) is 6.42 Å². The highest BCUT2D eigenvalue weighted by Crippen LogP contribution is 2.29. The standard InChI is InChI=1S/C23H25N5O4S2/c1-33-18-6-4-17(5-7-18)28-15-16(13-21(28)29)23(30)26-9-11-27(12-10-26)34(31,32)20-14-25-22-19(20)3-2-8-24-22/h2-8,14,16H,9-13,15H2,1H3,(H,24,25). The zero-order chi connectivity index (χ0) is 23.9. The van der Waals surface area contributed by atoms with Crippen LogP contribution in [0.5, 0.6) is 0 Å². The molecule has 178 valence electrons. The van der Waals surface area contributed by atoms with E-state index in [1.807, 2.05) is 30.5 Å². The molecule has 1 atom stereocenters. The highest BCUT2D eigenvalue weighted by molar-refractivity contribution is 7.98. The number of aromatic nitrogens is 2. The van der Waals surface area contributed by atoms with Crippen molar-refractivity contribution in [2.45, 2.75) is 16.2 Å². The summed E-state index contributed by atoms with van der Waals surface area (Å²) >= 11 is 1.63. The topological polar surface area (TPSA) is 107 Å². The van der Waals surface area contributed by atoms with Gasteiger partial charge in [0.25, 0.3) is 0 Å². The maximum Gasteiger partial charge on any atom is 0.245 e. The molecule has 5 rings (SSSR count). The number of carbonyl (C=O) groups is 2. The first-order valence-electron chi connectivity index (χ1n) is 11.0. The molecule has 2 aliphatic rings. The third-order valence-corrected chi connectivity index (χ3v) is 9.12. The Labute approximate surface area is 202 Å². The molecule has 3 aromatic rings. The van der Waals surface area contributed by atoms with Gasteiger partial charge < -0.3 is 14.8 Å². The molecule has 2 amide bonds. The summed E-state index contributed by atoms with van der Waals surface area (Å²) in [6.45, 7) is 1.36. The molecule has 0 saturated carbocycles. The van der Waals surface area contributed by atoms with Crippen LogP contribution in [0.15, 0.2) is 58.6 Å². The summed E-state index contributed by atoms with van der Waals surface area (Å²) in [5.74, 6) is -0.579. The van der Waals surface area contributed by atoms with Gasteiger partial charge in [-0.05, 0) is 42.7 Å². The van der Waals surface area contributed by atoms with Gasteiger partial charge in [0.05, 0.1) is 5.92 Å². The Morgan fingerprint density at radius 3 is 2.56 bits per heavy atom. The summed E-state index contributed by atoms with van der Waals surface area (Å²) in [5, 5.41) is 0.552. The van der Waals surface area contributed by atoms with Gasteiger partial charge >= 0.3 is 0 Å². The first kappa shape index (κ1) is 22.9. The third-order valence-electron chi connectivity index (χ3n) is 6.44. The Morgan fingerprint density at radius 2 is 1.85 bits per heavy atom. The summed E-state index contributed by atoms with van der Waals surface area (Å²) in [6, 6.07) is 11.2. The van der Waals surface area contributed by atoms with Gasteiger partial charge in [-0.1, -0.05) is 0 Å². The smallest absolute Gasteiger partial charge is 0.245 e. The molecule has 1 N–H and O–H groups in total. The Kier molecular flexibility index (Phi) is 6.09. The van der Waals surface area contributed by atoms with Crippen molar-refractivity contribution in [3.8, 4) is 0 Å². The molecular weight excluding hydrogens is 474 g/mol. The first-order valence-corrected chi connectivity index (χ1v) is 13.7. The van der Waals surface area contributed by atoms with Crippen LogP contribution in [-0.4, -0.2) is 78.4 Å². The lowest BCUT2D eigenvalue weighted by atomic mass is 10.1. The predicted molar refractivity (Wildman–Crippen MR) is 130 cm³/mol. The van der Waals surface area contributed by atoms with E-state index in [-0.39, 0.29) is 36.2 Å². The summed E-state index contributed by atoms with van der Waals surface area (Å²) in [4.78, 5) is 37.5. The number of thioether (sulfide) groups is 1. The number of piperazine rings is 1. The average molecular weight is 500 g/mol. The van der Waals surface area contributed by atoms with Crippen molar-refractivity contribution in [3.05, 3.63) is 48.8 Å². The number of sulfonamides is 1. The largest absolute Gasteiger partial charge is 0.345 e. The number of fused-ring (bicyclic) bond motifs is 1. The lowest BCUT2D eigenvalue weighted by molar-refractivity contribution is -0.136. The number of benzene rings is 1. The second-order valence-corrected chi connectivity index (χ2v) is 11.2. The minimum atomic E-state index is -3.71. The van der Waals surface area contributed by atoms with Gasteiger partial charge in [-0.3, -0.25) is 9.59 Å². The molecule has 34 heavy (non-hydrogen) atoms. The normalized spacial score (nSPS) is 19.8. The van der Waals surface area contributed by atoms with Crippen molar-refractivity contribution < 1.29 is 18.0 Å². The van der Waals surface area contributed by atoms with E-state index in [0.717, 1.165) is 10.6 Å². The zero-order valence-electron chi connectivity index (χ0n) is 18.7. The number of carbonyl (C=O) groups excluding carboxylic acids is 2. The van der Waals surface area contributed by atoms with Gasteiger partial charge in [-0.25, -0.2) is 13.4 Å². The van der Waals surface area contributed by atoms with Crippen molar-refractivity contribution in [2.24, 2.45) is 5.92 Å². The zero-order valence-corrected chi connectivity index (χ0v) is 20.3. The molecule has 2 aromatic heterocycles. The number of aromatic amines is 1. The SMILES string of the molecule is CSc1ccc(N2CC(C(=O)N3CCN(S(=O)(=O)c4c[nH]c5ncccc45)CC3)CC2=O)cc1. The maximum atomic E-state index is 13.2. The van der Waals surface area contributed by atoms with Crippen molar-refractivity contribution in [3.63, 3.8) is 0 Å². The van der Waals surface area contributed by atoms with Gasteiger partial charge in [0.2, 0.25) is 21.8 Å². The maximum absolute atomic E-state index is 13.2. The minimum Gasteiger partial charge on any atom is -0.345 e. The van der Waals surface area contributed by atoms with Crippen LogP contribution >= 0.6 is 11.8 Å². The highest BCUT2D eigenvalue weighted by Gasteiger charge is 2.39. The Balaban J connectivity index is 1.23. The first-order chi connectivity index (χ1) is 16.4. The van der Waals surface area contributed by atoms with Gasteiger partial charge in [-0.2, -0.15) is 4.31 Å². The van der Waals surface area contributed by atoms with Gasteiger partial charge in [0.15, 0.2) is 0 Å². The molecule has 0 spiro atoms. The molecule has 2 fully saturated rings. The monoisotopic (exact) mass is 499 g/mol. The number of nitrogens with one attached hydrogen (secondary N) is 1. The van der Waals surface area contributed by atoms with E-state index in [1.165, 1.54) is 10.5 Å². The van der Waals surface area contributed by atoms with Crippen LogP contribution in [0.4, 0.5) is 5.69 Å². The molecule has 1 unspecified atom stereocenters. The van der Waals surface area contributed by atoms with Gasteiger partial charge in [0.1, 0.15) is 10.5 Å².